The fourth-order valence-electron chi connectivity index (χ4n) is 2.57. The summed E-state index contributed by atoms with van der Waals surface area (Å²) in [6.07, 6.45) is 3.71. The van der Waals surface area contributed by atoms with Crippen molar-refractivity contribution in [1.82, 2.24) is 0 Å². The van der Waals surface area contributed by atoms with Crippen molar-refractivity contribution in [3.8, 4) is 0 Å². The number of halogens is 2. The van der Waals surface area contributed by atoms with Crippen molar-refractivity contribution in [3.63, 3.8) is 0 Å². The molecule has 92 valence electrons. The van der Waals surface area contributed by atoms with Crippen molar-refractivity contribution in [2.24, 2.45) is 0 Å². The lowest BCUT2D eigenvalue weighted by Crippen LogP contribution is -1.95. The van der Waals surface area contributed by atoms with Crippen LogP contribution in [-0.2, 0) is 12.8 Å². The van der Waals surface area contributed by atoms with Gasteiger partial charge in [-0.1, -0.05) is 46.3 Å². The molecule has 0 saturated carbocycles. The van der Waals surface area contributed by atoms with Gasteiger partial charge in [0.15, 0.2) is 0 Å². The first-order valence-corrected chi connectivity index (χ1v) is 7.48. The Morgan fingerprint density at radius 3 is 2.33 bits per heavy atom. The Morgan fingerprint density at radius 1 is 0.889 bits per heavy atom. The van der Waals surface area contributed by atoms with Crippen LogP contribution in [0.2, 0.25) is 0 Å². The maximum absolute atomic E-state index is 6.57. The zero-order chi connectivity index (χ0) is 12.5. The Morgan fingerprint density at radius 2 is 1.56 bits per heavy atom. The molecule has 0 N–H and O–H groups in total. The Kier molecular flexibility index (Phi) is 3.45. The fourth-order valence-corrected chi connectivity index (χ4v) is 3.12. The lowest BCUT2D eigenvalue weighted by atomic mass is 10.0. The van der Waals surface area contributed by atoms with Gasteiger partial charge in [0.25, 0.3) is 0 Å². The van der Waals surface area contributed by atoms with Crippen molar-refractivity contribution in [2.75, 3.05) is 0 Å². The summed E-state index contributed by atoms with van der Waals surface area (Å²) in [5, 5.41) is -0.0519. The summed E-state index contributed by atoms with van der Waals surface area (Å²) in [6, 6.07) is 14.9. The first kappa shape index (κ1) is 12.3. The van der Waals surface area contributed by atoms with E-state index >= 15 is 0 Å². The third kappa shape index (κ3) is 2.34. The molecule has 1 unspecified atom stereocenters. The molecule has 0 aliphatic heterocycles. The molecular formula is C16H14BrCl. The lowest BCUT2D eigenvalue weighted by Gasteiger charge is -2.12. The zero-order valence-corrected chi connectivity index (χ0v) is 12.3. The topological polar surface area (TPSA) is 0 Å². The van der Waals surface area contributed by atoms with Gasteiger partial charge in [-0.2, -0.15) is 0 Å². The van der Waals surface area contributed by atoms with Crippen molar-refractivity contribution in [2.45, 2.75) is 24.6 Å². The van der Waals surface area contributed by atoms with Crippen molar-refractivity contribution >= 4 is 27.5 Å². The summed E-state index contributed by atoms with van der Waals surface area (Å²) in [4.78, 5) is 0. The maximum atomic E-state index is 6.57. The van der Waals surface area contributed by atoms with Gasteiger partial charge < -0.3 is 0 Å². The minimum atomic E-state index is -0.0519. The number of benzene rings is 2. The van der Waals surface area contributed by atoms with Gasteiger partial charge in [0.2, 0.25) is 0 Å². The number of hydrogen-bond acceptors (Lipinski definition) is 0. The normalized spacial score (nSPS) is 15.4. The number of alkyl halides is 1. The second kappa shape index (κ2) is 5.07. The van der Waals surface area contributed by atoms with Crippen LogP contribution in [0.25, 0.3) is 0 Å². The number of rotatable bonds is 2. The average Bonchev–Trinajstić information content (AvgIpc) is 2.86. The van der Waals surface area contributed by atoms with Crippen molar-refractivity contribution in [1.29, 1.82) is 0 Å². The van der Waals surface area contributed by atoms with E-state index in [0.29, 0.717) is 0 Å². The molecule has 0 spiro atoms. The second-order valence-corrected chi connectivity index (χ2v) is 6.15. The molecule has 0 radical (unpaired) electrons. The minimum absolute atomic E-state index is 0.0519. The second-order valence-electron chi connectivity index (χ2n) is 4.80. The van der Waals surface area contributed by atoms with Gasteiger partial charge in [0.1, 0.15) is 0 Å². The van der Waals surface area contributed by atoms with Crippen LogP contribution in [-0.4, -0.2) is 0 Å². The van der Waals surface area contributed by atoms with Crippen LogP contribution in [0, 0.1) is 0 Å². The summed E-state index contributed by atoms with van der Waals surface area (Å²) < 4.78 is 1.09. The van der Waals surface area contributed by atoms with Crippen molar-refractivity contribution < 1.29 is 0 Å². The predicted octanol–water partition coefficient (Wildman–Crippen LogP) is 5.27. The molecule has 0 amide bonds. The highest BCUT2D eigenvalue weighted by Gasteiger charge is 2.15. The van der Waals surface area contributed by atoms with Crippen LogP contribution >= 0.6 is 27.5 Å². The quantitative estimate of drug-likeness (QED) is 0.661. The molecule has 2 aromatic carbocycles. The monoisotopic (exact) mass is 320 g/mol. The minimum Gasteiger partial charge on any atom is -0.113 e. The molecule has 3 rings (SSSR count). The number of aryl methyl sites for hydroxylation is 2. The highest BCUT2D eigenvalue weighted by Crippen LogP contribution is 2.32. The molecule has 0 saturated heterocycles. The molecule has 0 fully saturated rings. The van der Waals surface area contributed by atoms with Gasteiger partial charge in [-0.3, -0.25) is 0 Å². The van der Waals surface area contributed by atoms with E-state index in [1.807, 2.05) is 12.1 Å². The van der Waals surface area contributed by atoms with E-state index in [4.69, 9.17) is 11.6 Å². The molecule has 0 bridgehead atoms. The molecular weight excluding hydrogens is 308 g/mol. The lowest BCUT2D eigenvalue weighted by molar-refractivity contribution is 0.911. The Bertz CT molecular complexity index is 560. The van der Waals surface area contributed by atoms with E-state index in [1.54, 1.807) is 0 Å². The van der Waals surface area contributed by atoms with Gasteiger partial charge in [-0.25, -0.2) is 0 Å². The van der Waals surface area contributed by atoms with Crippen LogP contribution in [0.15, 0.2) is 46.9 Å². The van der Waals surface area contributed by atoms with Gasteiger partial charge in [-0.05, 0) is 53.6 Å². The average molecular weight is 322 g/mol. The van der Waals surface area contributed by atoms with Gasteiger partial charge in [0.05, 0.1) is 5.38 Å². The molecule has 0 heterocycles. The molecule has 1 aliphatic rings. The summed E-state index contributed by atoms with van der Waals surface area (Å²) in [5.41, 5.74) is 5.34. The third-order valence-electron chi connectivity index (χ3n) is 3.58. The Hall–Kier alpha value is -0.790. The summed E-state index contributed by atoms with van der Waals surface area (Å²) in [6.45, 7) is 0. The smallest absolute Gasteiger partial charge is 0.0835 e. The fraction of sp³-hybridized carbons (Fsp3) is 0.250. The SMILES string of the molecule is ClC(c1ccc(Br)cc1)c1ccc2c(c1)CCC2. The molecule has 2 heteroatoms. The summed E-state index contributed by atoms with van der Waals surface area (Å²) in [7, 11) is 0. The van der Waals surface area contributed by atoms with Crippen LogP contribution in [0.1, 0.15) is 34.1 Å². The molecule has 1 atom stereocenters. The highest BCUT2D eigenvalue weighted by atomic mass is 79.9. The number of hydrogen-bond donors (Lipinski definition) is 0. The molecule has 1 aliphatic carbocycles. The van der Waals surface area contributed by atoms with Crippen LogP contribution in [0.4, 0.5) is 0 Å². The summed E-state index contributed by atoms with van der Waals surface area (Å²) >= 11 is 10.0. The van der Waals surface area contributed by atoms with Gasteiger partial charge in [0, 0.05) is 4.47 Å². The molecule has 18 heavy (non-hydrogen) atoms. The molecule has 0 nitrogen and oxygen atoms in total. The van der Waals surface area contributed by atoms with Crippen LogP contribution in [0.3, 0.4) is 0 Å². The molecule has 0 aromatic heterocycles. The van der Waals surface area contributed by atoms with E-state index in [2.05, 4.69) is 46.3 Å². The largest absolute Gasteiger partial charge is 0.113 e. The van der Waals surface area contributed by atoms with Crippen molar-refractivity contribution in [3.05, 3.63) is 69.2 Å². The van der Waals surface area contributed by atoms with E-state index in [1.165, 1.54) is 36.0 Å². The van der Waals surface area contributed by atoms with Gasteiger partial charge >= 0.3 is 0 Å². The third-order valence-corrected chi connectivity index (χ3v) is 4.61. The zero-order valence-electron chi connectivity index (χ0n) is 10.00. The van der Waals surface area contributed by atoms with Gasteiger partial charge in [-0.15, -0.1) is 11.6 Å². The van der Waals surface area contributed by atoms with E-state index < -0.39 is 0 Å². The summed E-state index contributed by atoms with van der Waals surface area (Å²) in [5.74, 6) is 0. The van der Waals surface area contributed by atoms with Crippen LogP contribution in [0.5, 0.6) is 0 Å². The Balaban J connectivity index is 1.92. The first-order chi connectivity index (χ1) is 8.74. The maximum Gasteiger partial charge on any atom is 0.0835 e. The number of fused-ring (bicyclic) bond motifs is 1. The predicted molar refractivity (Wildman–Crippen MR) is 80.3 cm³/mol. The molecule has 2 aromatic rings. The van der Waals surface area contributed by atoms with E-state index in [0.717, 1.165) is 10.0 Å². The van der Waals surface area contributed by atoms with E-state index in [9.17, 15) is 0 Å². The standard InChI is InChI=1S/C16H14BrCl/c17-15-8-6-12(7-9-15)16(18)14-5-4-11-2-1-3-13(11)10-14/h4-10,16H,1-3H2. The van der Waals surface area contributed by atoms with E-state index in [-0.39, 0.29) is 5.38 Å². The Labute approximate surface area is 121 Å². The first-order valence-electron chi connectivity index (χ1n) is 6.25. The van der Waals surface area contributed by atoms with Crippen LogP contribution < -0.4 is 0 Å². The highest BCUT2D eigenvalue weighted by molar-refractivity contribution is 9.10.